The summed E-state index contributed by atoms with van der Waals surface area (Å²) in [6, 6.07) is 14.2. The molecular formula is C20H23NO4S2. The fourth-order valence-electron chi connectivity index (χ4n) is 3.79. The van der Waals surface area contributed by atoms with E-state index >= 15 is 0 Å². The zero-order valence-corrected chi connectivity index (χ0v) is 17.1. The fourth-order valence-corrected chi connectivity index (χ4v) is 6.57. The lowest BCUT2D eigenvalue weighted by atomic mass is 10.00. The number of aryl methyl sites for hydroxylation is 1. The minimum absolute atomic E-state index is 0.148. The number of hydrogen-bond acceptors (Lipinski definition) is 5. The fraction of sp³-hybridized carbons (Fsp3) is 0.350. The molecule has 0 saturated heterocycles. The summed E-state index contributed by atoms with van der Waals surface area (Å²) in [4.78, 5) is 0.427. The van der Waals surface area contributed by atoms with Crippen LogP contribution in [0.2, 0.25) is 0 Å². The first-order valence-electron chi connectivity index (χ1n) is 8.52. The monoisotopic (exact) mass is 405 g/mol. The smallest absolute Gasteiger partial charge is 0.182 e. The minimum atomic E-state index is -3.65. The SMILES string of the molecule is COC[C@]1(C(N)=S)[C@@H](c2ccc(OC)cc2)[C@@H]1S(=O)(=O)c1ccc(C)cc1. The van der Waals surface area contributed by atoms with Gasteiger partial charge in [0.25, 0.3) is 0 Å². The molecule has 1 saturated carbocycles. The van der Waals surface area contributed by atoms with Crippen molar-refractivity contribution in [2.24, 2.45) is 11.1 Å². The van der Waals surface area contributed by atoms with Crippen LogP contribution in [-0.2, 0) is 14.6 Å². The Bertz CT molecular complexity index is 939. The molecule has 1 aliphatic rings. The lowest BCUT2D eigenvalue weighted by Gasteiger charge is -2.16. The Morgan fingerprint density at radius 1 is 1.11 bits per heavy atom. The molecule has 2 aromatic carbocycles. The van der Waals surface area contributed by atoms with Crippen LogP contribution in [0.5, 0.6) is 5.75 Å². The quantitative estimate of drug-likeness (QED) is 0.714. The Labute approximate surface area is 165 Å². The number of rotatable bonds is 7. The van der Waals surface area contributed by atoms with Crippen molar-refractivity contribution in [3.63, 3.8) is 0 Å². The van der Waals surface area contributed by atoms with Crippen LogP contribution >= 0.6 is 12.2 Å². The van der Waals surface area contributed by atoms with Crippen LogP contribution in [0, 0.1) is 12.3 Å². The maximum Gasteiger partial charge on any atom is 0.182 e. The molecule has 0 bridgehead atoms. The molecule has 5 nitrogen and oxygen atoms in total. The van der Waals surface area contributed by atoms with Gasteiger partial charge in [-0.05, 0) is 36.8 Å². The molecule has 3 rings (SSSR count). The third-order valence-corrected chi connectivity index (χ3v) is 7.93. The van der Waals surface area contributed by atoms with Gasteiger partial charge in [-0.1, -0.05) is 42.0 Å². The van der Waals surface area contributed by atoms with Crippen molar-refractivity contribution in [2.45, 2.75) is 23.0 Å². The van der Waals surface area contributed by atoms with E-state index < -0.39 is 20.5 Å². The van der Waals surface area contributed by atoms with E-state index in [1.165, 1.54) is 7.11 Å². The van der Waals surface area contributed by atoms with Crippen LogP contribution in [0.15, 0.2) is 53.4 Å². The predicted octanol–water partition coefficient (Wildman–Crippen LogP) is 2.86. The molecule has 2 N–H and O–H groups in total. The lowest BCUT2D eigenvalue weighted by Crippen LogP contribution is -2.33. The first kappa shape index (κ1) is 19.8. The van der Waals surface area contributed by atoms with Gasteiger partial charge in [-0.3, -0.25) is 0 Å². The average Bonchev–Trinajstić information content (AvgIpc) is 3.33. The summed E-state index contributed by atoms with van der Waals surface area (Å²) in [5, 5.41) is -0.765. The highest BCUT2D eigenvalue weighted by atomic mass is 32.2. The van der Waals surface area contributed by atoms with Crippen molar-refractivity contribution in [3.05, 3.63) is 59.7 Å². The van der Waals surface area contributed by atoms with Crippen LogP contribution < -0.4 is 10.5 Å². The Balaban J connectivity index is 2.09. The van der Waals surface area contributed by atoms with E-state index in [1.54, 1.807) is 43.5 Å². The second kappa shape index (κ2) is 7.22. The summed E-state index contributed by atoms with van der Waals surface area (Å²) in [5.41, 5.74) is 6.97. The second-order valence-corrected chi connectivity index (χ2v) is 9.38. The Morgan fingerprint density at radius 3 is 2.19 bits per heavy atom. The van der Waals surface area contributed by atoms with E-state index in [9.17, 15) is 8.42 Å². The van der Waals surface area contributed by atoms with Crippen LogP contribution in [0.1, 0.15) is 17.0 Å². The molecule has 0 amide bonds. The van der Waals surface area contributed by atoms with Gasteiger partial charge in [-0.2, -0.15) is 0 Å². The molecule has 27 heavy (non-hydrogen) atoms. The van der Waals surface area contributed by atoms with Gasteiger partial charge in [0.1, 0.15) is 5.75 Å². The molecule has 3 atom stereocenters. The van der Waals surface area contributed by atoms with Gasteiger partial charge in [0.2, 0.25) is 0 Å². The van der Waals surface area contributed by atoms with Gasteiger partial charge in [-0.25, -0.2) is 8.42 Å². The highest BCUT2D eigenvalue weighted by Crippen LogP contribution is 2.64. The molecule has 144 valence electrons. The number of nitrogens with two attached hydrogens (primary N) is 1. The van der Waals surface area contributed by atoms with Gasteiger partial charge in [0.05, 0.1) is 34.3 Å². The zero-order valence-electron chi connectivity index (χ0n) is 15.5. The zero-order chi connectivity index (χ0) is 19.8. The van der Waals surface area contributed by atoms with Gasteiger partial charge in [0.15, 0.2) is 9.84 Å². The van der Waals surface area contributed by atoms with E-state index in [2.05, 4.69) is 0 Å². The topological polar surface area (TPSA) is 78.6 Å². The average molecular weight is 406 g/mol. The molecule has 1 fully saturated rings. The standard InChI is InChI=1S/C20H23NO4S2/c1-13-4-10-16(11-5-13)27(22,23)18-17(20(18,12-24-2)19(21)26)14-6-8-15(25-3)9-7-14/h4-11,17-18H,12H2,1-3H3,(H2,21,26)/t17-,18-,20-/m0/s1. The summed E-state index contributed by atoms with van der Waals surface area (Å²) in [7, 11) is -0.538. The molecular weight excluding hydrogens is 382 g/mol. The van der Waals surface area contributed by atoms with E-state index in [-0.39, 0.29) is 22.4 Å². The number of hydrogen-bond donors (Lipinski definition) is 1. The molecule has 1 aliphatic carbocycles. The van der Waals surface area contributed by atoms with Gasteiger partial charge >= 0.3 is 0 Å². The van der Waals surface area contributed by atoms with Crippen LogP contribution in [0.4, 0.5) is 0 Å². The second-order valence-electron chi connectivity index (χ2n) is 6.87. The van der Waals surface area contributed by atoms with Crippen LogP contribution in [-0.4, -0.2) is 39.5 Å². The van der Waals surface area contributed by atoms with E-state index in [0.717, 1.165) is 11.1 Å². The Morgan fingerprint density at radius 2 is 1.70 bits per heavy atom. The molecule has 0 unspecified atom stereocenters. The maximum absolute atomic E-state index is 13.4. The van der Waals surface area contributed by atoms with Gasteiger partial charge < -0.3 is 15.2 Å². The first-order valence-corrected chi connectivity index (χ1v) is 10.5. The van der Waals surface area contributed by atoms with Crippen LogP contribution in [0.3, 0.4) is 0 Å². The van der Waals surface area contributed by atoms with Crippen molar-refractivity contribution in [1.82, 2.24) is 0 Å². The van der Waals surface area contributed by atoms with Crippen molar-refractivity contribution >= 4 is 27.0 Å². The number of benzene rings is 2. The summed E-state index contributed by atoms with van der Waals surface area (Å²) in [6.45, 7) is 2.06. The third kappa shape index (κ3) is 3.24. The van der Waals surface area contributed by atoms with E-state index in [0.29, 0.717) is 5.75 Å². The lowest BCUT2D eigenvalue weighted by molar-refractivity contribution is 0.166. The third-order valence-electron chi connectivity index (χ3n) is 5.26. The van der Waals surface area contributed by atoms with Crippen LogP contribution in [0.25, 0.3) is 0 Å². The van der Waals surface area contributed by atoms with Gasteiger partial charge in [0, 0.05) is 13.0 Å². The molecule has 0 aliphatic heterocycles. The number of sulfone groups is 1. The largest absolute Gasteiger partial charge is 0.497 e. The Hall–Kier alpha value is -1.96. The number of thiocarbonyl (C=S) groups is 1. The summed E-state index contributed by atoms with van der Waals surface area (Å²) >= 11 is 5.31. The summed E-state index contributed by atoms with van der Waals surface area (Å²) in [5.74, 6) is 0.331. The molecule has 0 spiro atoms. The van der Waals surface area contributed by atoms with E-state index in [4.69, 9.17) is 27.4 Å². The predicted molar refractivity (Wildman–Crippen MR) is 109 cm³/mol. The maximum atomic E-state index is 13.4. The molecule has 0 radical (unpaired) electrons. The van der Waals surface area contributed by atoms with Crippen molar-refractivity contribution in [2.75, 3.05) is 20.8 Å². The van der Waals surface area contributed by atoms with Crippen molar-refractivity contribution < 1.29 is 17.9 Å². The normalized spacial score (nSPS) is 24.4. The number of methoxy groups -OCH3 is 2. The molecule has 7 heteroatoms. The van der Waals surface area contributed by atoms with Gasteiger partial charge in [-0.15, -0.1) is 0 Å². The highest BCUT2D eigenvalue weighted by molar-refractivity contribution is 7.92. The molecule has 0 heterocycles. The minimum Gasteiger partial charge on any atom is -0.497 e. The molecule has 0 aromatic heterocycles. The Kier molecular flexibility index (Phi) is 5.29. The molecule has 2 aromatic rings. The first-order chi connectivity index (χ1) is 12.8. The summed E-state index contributed by atoms with van der Waals surface area (Å²) in [6.07, 6.45) is 0. The highest BCUT2D eigenvalue weighted by Gasteiger charge is 2.73. The van der Waals surface area contributed by atoms with Crippen molar-refractivity contribution in [1.29, 1.82) is 0 Å². The van der Waals surface area contributed by atoms with E-state index in [1.807, 2.05) is 19.1 Å². The number of ether oxygens (including phenoxy) is 2. The van der Waals surface area contributed by atoms with Crippen molar-refractivity contribution in [3.8, 4) is 5.75 Å². The summed E-state index contributed by atoms with van der Waals surface area (Å²) < 4.78 is 37.4.